The molecule has 0 radical (unpaired) electrons. The Kier molecular flexibility index (Phi) is 3.01. The third-order valence-corrected chi connectivity index (χ3v) is 4.58. The van der Waals surface area contributed by atoms with Crippen molar-refractivity contribution in [3.05, 3.63) is 59.5 Å². The Morgan fingerprint density at radius 3 is 2.82 bits per heavy atom. The van der Waals surface area contributed by atoms with Crippen molar-refractivity contribution >= 4 is 22.2 Å². The molecular formula is C17H12FN3S. The molecule has 0 saturated carbocycles. The number of hydrogen-bond donors (Lipinski definition) is 1. The molecule has 2 aromatic carbocycles. The monoisotopic (exact) mass is 309 g/mol. The first kappa shape index (κ1) is 13.2. The molecule has 4 rings (SSSR count). The maximum atomic E-state index is 13.5. The second-order valence-corrected chi connectivity index (χ2v) is 6.02. The van der Waals surface area contributed by atoms with E-state index in [1.165, 1.54) is 6.07 Å². The summed E-state index contributed by atoms with van der Waals surface area (Å²) in [6.45, 7) is 1.77. The quantitative estimate of drug-likeness (QED) is 0.578. The Bertz CT molecular complexity index is 971. The molecule has 0 saturated heterocycles. The summed E-state index contributed by atoms with van der Waals surface area (Å²) in [5.74, 6) is -0.195. The first-order valence-electron chi connectivity index (χ1n) is 6.86. The minimum absolute atomic E-state index is 0.195. The van der Waals surface area contributed by atoms with E-state index in [1.54, 1.807) is 30.5 Å². The Balaban J connectivity index is 1.86. The van der Waals surface area contributed by atoms with Crippen LogP contribution >= 0.6 is 11.3 Å². The molecule has 0 unspecified atom stereocenters. The Morgan fingerprint density at radius 2 is 1.95 bits per heavy atom. The summed E-state index contributed by atoms with van der Waals surface area (Å²) in [7, 11) is 0. The van der Waals surface area contributed by atoms with E-state index in [0.717, 1.165) is 32.6 Å². The molecule has 3 nitrogen and oxygen atoms in total. The van der Waals surface area contributed by atoms with E-state index in [1.807, 2.05) is 17.6 Å². The van der Waals surface area contributed by atoms with Crippen LogP contribution in [-0.2, 0) is 0 Å². The second-order valence-electron chi connectivity index (χ2n) is 5.17. The number of aryl methyl sites for hydroxylation is 1. The van der Waals surface area contributed by atoms with Crippen LogP contribution in [0.1, 0.15) is 5.56 Å². The Hall–Kier alpha value is -2.53. The van der Waals surface area contributed by atoms with Crippen LogP contribution in [-0.4, -0.2) is 15.2 Å². The number of H-pyrrole nitrogens is 1. The van der Waals surface area contributed by atoms with Gasteiger partial charge in [-0.1, -0.05) is 12.1 Å². The first-order valence-corrected chi connectivity index (χ1v) is 7.74. The number of nitrogens with one attached hydrogen (secondary N) is 1. The van der Waals surface area contributed by atoms with Gasteiger partial charge in [0.25, 0.3) is 0 Å². The smallest absolute Gasteiger partial charge is 0.126 e. The van der Waals surface area contributed by atoms with Gasteiger partial charge in [0.2, 0.25) is 0 Å². The van der Waals surface area contributed by atoms with Crippen molar-refractivity contribution in [2.75, 3.05) is 0 Å². The lowest BCUT2D eigenvalue weighted by Crippen LogP contribution is -1.86. The highest BCUT2D eigenvalue weighted by molar-refractivity contribution is 7.13. The number of thiazole rings is 1. The molecule has 2 aromatic heterocycles. The molecule has 2 heterocycles. The van der Waals surface area contributed by atoms with Gasteiger partial charge in [-0.2, -0.15) is 5.10 Å². The zero-order chi connectivity index (χ0) is 15.1. The van der Waals surface area contributed by atoms with Gasteiger partial charge in [-0.25, -0.2) is 9.37 Å². The van der Waals surface area contributed by atoms with Crippen LogP contribution < -0.4 is 0 Å². The van der Waals surface area contributed by atoms with Gasteiger partial charge in [0.1, 0.15) is 5.82 Å². The molecule has 0 spiro atoms. The summed E-state index contributed by atoms with van der Waals surface area (Å²) in [6, 6.07) is 11.3. The Labute approximate surface area is 130 Å². The fraction of sp³-hybridized carbons (Fsp3) is 0.0588. The van der Waals surface area contributed by atoms with E-state index in [0.29, 0.717) is 5.56 Å². The molecule has 0 bridgehead atoms. The molecule has 0 fully saturated rings. The van der Waals surface area contributed by atoms with E-state index in [2.05, 4.69) is 27.3 Å². The van der Waals surface area contributed by atoms with E-state index in [-0.39, 0.29) is 5.82 Å². The van der Waals surface area contributed by atoms with Crippen LogP contribution in [0.3, 0.4) is 0 Å². The Morgan fingerprint density at radius 1 is 1.09 bits per heavy atom. The summed E-state index contributed by atoms with van der Waals surface area (Å²) >= 11 is 1.58. The normalized spacial score (nSPS) is 11.2. The molecule has 0 amide bonds. The van der Waals surface area contributed by atoms with Crippen molar-refractivity contribution in [2.24, 2.45) is 0 Å². The zero-order valence-corrected chi connectivity index (χ0v) is 12.6. The standard InChI is InChI=1S/C17H12FN3S/c1-10-6-11(4-5-14(10)18)16-17(22-9-19-16)12-2-3-13-8-20-21-15(13)7-12/h2-9H,1H3,(H,20,21). The van der Waals surface area contributed by atoms with E-state index in [4.69, 9.17) is 0 Å². The topological polar surface area (TPSA) is 41.6 Å². The van der Waals surface area contributed by atoms with Crippen LogP contribution in [0.15, 0.2) is 48.1 Å². The number of fused-ring (bicyclic) bond motifs is 1. The average molecular weight is 309 g/mol. The van der Waals surface area contributed by atoms with Crippen molar-refractivity contribution in [2.45, 2.75) is 6.92 Å². The average Bonchev–Trinajstić information content (AvgIpc) is 3.17. The largest absolute Gasteiger partial charge is 0.278 e. The highest BCUT2D eigenvalue weighted by Gasteiger charge is 2.13. The lowest BCUT2D eigenvalue weighted by atomic mass is 10.0. The van der Waals surface area contributed by atoms with Crippen molar-refractivity contribution in [1.82, 2.24) is 15.2 Å². The molecule has 4 aromatic rings. The number of halogens is 1. The van der Waals surface area contributed by atoms with Gasteiger partial charge in [0.05, 0.1) is 27.8 Å². The van der Waals surface area contributed by atoms with Gasteiger partial charge in [-0.05, 0) is 42.3 Å². The highest BCUT2D eigenvalue weighted by Crippen LogP contribution is 2.36. The van der Waals surface area contributed by atoms with Crippen molar-refractivity contribution < 1.29 is 4.39 Å². The summed E-state index contributed by atoms with van der Waals surface area (Å²) in [5.41, 5.74) is 6.33. The predicted octanol–water partition coefficient (Wildman–Crippen LogP) is 4.80. The molecule has 0 aliphatic heterocycles. The molecule has 1 N–H and O–H groups in total. The van der Waals surface area contributed by atoms with Gasteiger partial charge in [-0.15, -0.1) is 11.3 Å². The molecule has 0 atom stereocenters. The highest BCUT2D eigenvalue weighted by atomic mass is 32.1. The summed E-state index contributed by atoms with van der Waals surface area (Å²) in [5, 5.41) is 8.11. The number of aromatic amines is 1. The van der Waals surface area contributed by atoms with Crippen LogP contribution in [0.4, 0.5) is 4.39 Å². The second kappa shape index (κ2) is 5.03. The van der Waals surface area contributed by atoms with Gasteiger partial charge in [0, 0.05) is 10.9 Å². The van der Waals surface area contributed by atoms with Gasteiger partial charge >= 0.3 is 0 Å². The number of rotatable bonds is 2. The molecule has 0 aliphatic carbocycles. The third kappa shape index (κ3) is 2.10. The van der Waals surface area contributed by atoms with Crippen LogP contribution in [0.5, 0.6) is 0 Å². The number of benzene rings is 2. The first-order chi connectivity index (χ1) is 10.7. The summed E-state index contributed by atoms with van der Waals surface area (Å²) in [4.78, 5) is 5.54. The van der Waals surface area contributed by atoms with Crippen molar-refractivity contribution in [3.63, 3.8) is 0 Å². The van der Waals surface area contributed by atoms with E-state index >= 15 is 0 Å². The van der Waals surface area contributed by atoms with Crippen molar-refractivity contribution in [1.29, 1.82) is 0 Å². The molecular weight excluding hydrogens is 297 g/mol. The SMILES string of the molecule is Cc1cc(-c2ncsc2-c2ccc3cn[nH]c3c2)ccc1F. The molecule has 108 valence electrons. The molecule has 22 heavy (non-hydrogen) atoms. The van der Waals surface area contributed by atoms with Gasteiger partial charge < -0.3 is 0 Å². The summed E-state index contributed by atoms with van der Waals surface area (Å²) < 4.78 is 13.5. The number of nitrogens with zero attached hydrogens (tertiary/aromatic N) is 2. The number of hydrogen-bond acceptors (Lipinski definition) is 3. The van der Waals surface area contributed by atoms with Crippen LogP contribution in [0, 0.1) is 12.7 Å². The van der Waals surface area contributed by atoms with E-state index in [9.17, 15) is 4.39 Å². The maximum Gasteiger partial charge on any atom is 0.126 e. The molecule has 5 heteroatoms. The van der Waals surface area contributed by atoms with Crippen LogP contribution in [0.25, 0.3) is 32.6 Å². The minimum Gasteiger partial charge on any atom is -0.278 e. The van der Waals surface area contributed by atoms with Crippen molar-refractivity contribution in [3.8, 4) is 21.7 Å². The number of aromatic nitrogens is 3. The zero-order valence-electron chi connectivity index (χ0n) is 11.8. The van der Waals surface area contributed by atoms with Gasteiger partial charge in [-0.3, -0.25) is 5.10 Å². The minimum atomic E-state index is -0.195. The fourth-order valence-corrected chi connectivity index (χ4v) is 3.34. The molecule has 0 aliphatic rings. The lowest BCUT2D eigenvalue weighted by molar-refractivity contribution is 0.619. The van der Waals surface area contributed by atoms with Crippen LogP contribution in [0.2, 0.25) is 0 Å². The maximum absolute atomic E-state index is 13.5. The van der Waals surface area contributed by atoms with E-state index < -0.39 is 0 Å². The lowest BCUT2D eigenvalue weighted by Gasteiger charge is -2.05. The predicted molar refractivity (Wildman–Crippen MR) is 87.3 cm³/mol. The summed E-state index contributed by atoms with van der Waals surface area (Å²) in [6.07, 6.45) is 1.80. The van der Waals surface area contributed by atoms with Gasteiger partial charge in [0.15, 0.2) is 0 Å². The fourth-order valence-electron chi connectivity index (χ4n) is 2.53. The third-order valence-electron chi connectivity index (χ3n) is 3.70.